The molecule has 158 valence electrons. The number of nitrogens with two attached hydrogens (primary N) is 1. The Morgan fingerprint density at radius 3 is 2.23 bits per heavy atom. The summed E-state index contributed by atoms with van der Waals surface area (Å²) in [5.74, 6) is 1.31. The van der Waals surface area contributed by atoms with Gasteiger partial charge in [-0.25, -0.2) is 4.79 Å². The van der Waals surface area contributed by atoms with Gasteiger partial charge in [-0.05, 0) is 34.2 Å². The van der Waals surface area contributed by atoms with Gasteiger partial charge in [-0.15, -0.1) is 0 Å². The van der Waals surface area contributed by atoms with Crippen LogP contribution in [-0.4, -0.2) is 31.4 Å². The lowest BCUT2D eigenvalue weighted by Crippen LogP contribution is -2.35. The van der Waals surface area contributed by atoms with Crippen molar-refractivity contribution in [2.24, 2.45) is 11.1 Å². The Morgan fingerprint density at radius 2 is 1.67 bits per heavy atom. The number of hydrogen-bond acceptors (Lipinski definition) is 5. The standard InChI is InChI=1S/C24H28N2O4/c1-24(2,3)22(30-23(25)27)12-15-6-8-16(9-7-15)17-10-11-26-19-14-21(29-5)20(28-4)13-18(17)19/h6-11,13-14,22H,12H2,1-5H3,(H2,25,27). The average molecular weight is 408 g/mol. The van der Waals surface area contributed by atoms with Crippen LogP contribution in [0.1, 0.15) is 26.3 Å². The number of primary amides is 1. The molecule has 6 nitrogen and oxygen atoms in total. The fraction of sp³-hybridized carbons (Fsp3) is 0.333. The van der Waals surface area contributed by atoms with Gasteiger partial charge in [0.25, 0.3) is 0 Å². The molecular formula is C24H28N2O4. The molecule has 1 aromatic heterocycles. The van der Waals surface area contributed by atoms with Crippen LogP contribution in [0.25, 0.3) is 22.0 Å². The summed E-state index contributed by atoms with van der Waals surface area (Å²) < 4.78 is 16.2. The molecule has 0 fully saturated rings. The molecule has 0 radical (unpaired) electrons. The first kappa shape index (κ1) is 21.4. The highest BCUT2D eigenvalue weighted by molar-refractivity contribution is 5.96. The minimum absolute atomic E-state index is 0.218. The van der Waals surface area contributed by atoms with E-state index in [-0.39, 0.29) is 11.5 Å². The Kier molecular flexibility index (Phi) is 6.15. The summed E-state index contributed by atoms with van der Waals surface area (Å²) in [6.07, 6.45) is 1.32. The number of benzene rings is 2. The van der Waals surface area contributed by atoms with E-state index in [1.54, 1.807) is 20.4 Å². The summed E-state index contributed by atoms with van der Waals surface area (Å²) in [6.45, 7) is 6.08. The van der Waals surface area contributed by atoms with E-state index in [0.29, 0.717) is 17.9 Å². The summed E-state index contributed by atoms with van der Waals surface area (Å²) in [5.41, 5.74) is 9.04. The Labute approximate surface area is 177 Å². The average Bonchev–Trinajstić information content (AvgIpc) is 2.71. The Morgan fingerprint density at radius 1 is 1.03 bits per heavy atom. The van der Waals surface area contributed by atoms with Crippen molar-refractivity contribution in [2.45, 2.75) is 33.3 Å². The molecule has 0 saturated heterocycles. The van der Waals surface area contributed by atoms with Gasteiger partial charge in [-0.3, -0.25) is 4.98 Å². The van der Waals surface area contributed by atoms with Gasteiger partial charge in [-0.2, -0.15) is 0 Å². The fourth-order valence-electron chi connectivity index (χ4n) is 3.42. The molecule has 30 heavy (non-hydrogen) atoms. The number of fused-ring (bicyclic) bond motifs is 1. The molecule has 0 aliphatic rings. The maximum absolute atomic E-state index is 11.3. The summed E-state index contributed by atoms with van der Waals surface area (Å²) in [7, 11) is 3.23. The van der Waals surface area contributed by atoms with Gasteiger partial charge < -0.3 is 19.9 Å². The van der Waals surface area contributed by atoms with Gasteiger partial charge in [0.05, 0.1) is 19.7 Å². The summed E-state index contributed by atoms with van der Waals surface area (Å²) >= 11 is 0. The third-order valence-electron chi connectivity index (χ3n) is 5.16. The molecule has 1 amide bonds. The van der Waals surface area contributed by atoms with Gasteiger partial charge in [0.2, 0.25) is 0 Å². The number of ether oxygens (including phenoxy) is 3. The largest absolute Gasteiger partial charge is 0.493 e. The number of aromatic nitrogens is 1. The van der Waals surface area contributed by atoms with Crippen molar-refractivity contribution in [3.63, 3.8) is 0 Å². The Bertz CT molecular complexity index is 1040. The zero-order chi connectivity index (χ0) is 21.9. The monoisotopic (exact) mass is 408 g/mol. The molecule has 0 spiro atoms. The van der Waals surface area contributed by atoms with Crippen LogP contribution in [0.2, 0.25) is 0 Å². The molecule has 0 aliphatic heterocycles. The minimum Gasteiger partial charge on any atom is -0.493 e. The summed E-state index contributed by atoms with van der Waals surface area (Å²) in [4.78, 5) is 15.8. The van der Waals surface area contributed by atoms with E-state index < -0.39 is 6.09 Å². The summed E-state index contributed by atoms with van der Waals surface area (Å²) in [5, 5.41) is 0.979. The van der Waals surface area contributed by atoms with Gasteiger partial charge >= 0.3 is 6.09 Å². The molecule has 1 heterocycles. The van der Waals surface area contributed by atoms with Gasteiger partial charge in [-0.1, -0.05) is 45.0 Å². The van der Waals surface area contributed by atoms with E-state index >= 15 is 0 Å². The lowest BCUT2D eigenvalue weighted by Gasteiger charge is -2.29. The van der Waals surface area contributed by atoms with Crippen LogP contribution >= 0.6 is 0 Å². The first-order valence-corrected chi connectivity index (χ1v) is 9.79. The maximum Gasteiger partial charge on any atom is 0.404 e. The van der Waals surface area contributed by atoms with Crippen molar-refractivity contribution in [1.29, 1.82) is 0 Å². The van der Waals surface area contributed by atoms with Crippen molar-refractivity contribution in [2.75, 3.05) is 14.2 Å². The number of amides is 1. The molecule has 2 aromatic carbocycles. The zero-order valence-electron chi connectivity index (χ0n) is 18.1. The molecule has 0 saturated carbocycles. The van der Waals surface area contributed by atoms with Crippen LogP contribution < -0.4 is 15.2 Å². The number of carbonyl (C=O) groups excluding carboxylic acids is 1. The minimum atomic E-state index is -0.751. The topological polar surface area (TPSA) is 83.7 Å². The number of pyridine rings is 1. The first-order chi connectivity index (χ1) is 14.2. The smallest absolute Gasteiger partial charge is 0.404 e. The summed E-state index contributed by atoms with van der Waals surface area (Å²) in [6, 6.07) is 14.0. The van der Waals surface area contributed by atoms with Gasteiger partial charge in [0.15, 0.2) is 11.5 Å². The molecule has 0 aliphatic carbocycles. The lowest BCUT2D eigenvalue weighted by atomic mass is 9.85. The molecular weight excluding hydrogens is 380 g/mol. The van der Waals surface area contributed by atoms with Crippen LogP contribution in [0.15, 0.2) is 48.7 Å². The number of nitrogens with zero attached hydrogens (tertiary/aromatic N) is 1. The predicted octanol–water partition coefficient (Wildman–Crippen LogP) is 4.97. The third-order valence-corrected chi connectivity index (χ3v) is 5.16. The SMILES string of the molecule is COc1cc2nccc(-c3ccc(CC(OC(N)=O)C(C)(C)C)cc3)c2cc1OC. The van der Waals surface area contributed by atoms with E-state index in [4.69, 9.17) is 19.9 Å². The quantitative estimate of drug-likeness (QED) is 0.622. The molecule has 1 atom stereocenters. The van der Waals surface area contributed by atoms with Crippen LogP contribution in [0, 0.1) is 5.41 Å². The molecule has 3 aromatic rings. The first-order valence-electron chi connectivity index (χ1n) is 9.79. The zero-order valence-corrected chi connectivity index (χ0v) is 18.1. The fourth-order valence-corrected chi connectivity index (χ4v) is 3.42. The molecule has 1 unspecified atom stereocenters. The number of hydrogen-bond donors (Lipinski definition) is 1. The van der Waals surface area contributed by atoms with E-state index in [0.717, 1.165) is 27.6 Å². The van der Waals surface area contributed by atoms with Crippen molar-refractivity contribution in [3.8, 4) is 22.6 Å². The van der Waals surface area contributed by atoms with Crippen LogP contribution in [-0.2, 0) is 11.2 Å². The van der Waals surface area contributed by atoms with E-state index in [9.17, 15) is 4.79 Å². The van der Waals surface area contributed by atoms with Crippen LogP contribution in [0.3, 0.4) is 0 Å². The second kappa shape index (κ2) is 8.61. The second-order valence-corrected chi connectivity index (χ2v) is 8.28. The molecule has 3 rings (SSSR count). The normalized spacial score (nSPS) is 12.4. The highest BCUT2D eigenvalue weighted by atomic mass is 16.6. The van der Waals surface area contributed by atoms with Crippen LogP contribution in [0.4, 0.5) is 4.79 Å². The van der Waals surface area contributed by atoms with Crippen molar-refractivity contribution in [3.05, 3.63) is 54.2 Å². The van der Waals surface area contributed by atoms with Crippen LogP contribution in [0.5, 0.6) is 11.5 Å². The van der Waals surface area contributed by atoms with Crippen molar-refractivity contribution >= 4 is 17.0 Å². The molecule has 0 bridgehead atoms. The highest BCUT2D eigenvalue weighted by Gasteiger charge is 2.28. The van der Waals surface area contributed by atoms with E-state index in [1.807, 2.05) is 51.1 Å². The Hall–Kier alpha value is -3.28. The van der Waals surface area contributed by atoms with E-state index in [1.165, 1.54) is 0 Å². The number of carbonyl (C=O) groups is 1. The Balaban J connectivity index is 1.94. The number of methoxy groups -OCH3 is 2. The predicted molar refractivity (Wildman–Crippen MR) is 118 cm³/mol. The van der Waals surface area contributed by atoms with Crippen molar-refractivity contribution in [1.82, 2.24) is 4.98 Å². The second-order valence-electron chi connectivity index (χ2n) is 8.28. The van der Waals surface area contributed by atoms with E-state index in [2.05, 4.69) is 17.1 Å². The highest BCUT2D eigenvalue weighted by Crippen LogP contribution is 2.36. The molecule has 2 N–H and O–H groups in total. The molecule has 6 heteroatoms. The van der Waals surface area contributed by atoms with Gasteiger partial charge in [0, 0.05) is 24.1 Å². The van der Waals surface area contributed by atoms with Crippen molar-refractivity contribution < 1.29 is 19.0 Å². The third kappa shape index (κ3) is 4.64. The maximum atomic E-state index is 11.3. The van der Waals surface area contributed by atoms with Gasteiger partial charge in [0.1, 0.15) is 6.10 Å². The lowest BCUT2D eigenvalue weighted by molar-refractivity contribution is 0.0374. The number of rotatable bonds is 6.